The van der Waals surface area contributed by atoms with Gasteiger partial charge in [-0.2, -0.15) is 0 Å². The average molecular weight is 495 g/mol. The standard InChI is InChI=1S/C14H11Br3N2OS/c15-8-2-4-12(10(17)5-8)19-14(20)7-21-13-6-9(16)1-3-11(13)18/h1-6H,7,18H2,(H,19,20). The molecular formula is C14H11Br3N2OS. The maximum Gasteiger partial charge on any atom is 0.234 e. The SMILES string of the molecule is Nc1ccc(Br)cc1SCC(=O)Nc1ccc(Br)cc1Br. The van der Waals surface area contributed by atoms with E-state index in [4.69, 9.17) is 5.73 Å². The molecular weight excluding hydrogens is 484 g/mol. The van der Waals surface area contributed by atoms with E-state index in [2.05, 4.69) is 53.1 Å². The minimum Gasteiger partial charge on any atom is -0.398 e. The van der Waals surface area contributed by atoms with Gasteiger partial charge < -0.3 is 11.1 Å². The van der Waals surface area contributed by atoms with Crippen LogP contribution in [0.3, 0.4) is 0 Å². The number of carbonyl (C=O) groups is 1. The fourth-order valence-corrected chi connectivity index (χ4v) is 4.02. The molecule has 7 heteroatoms. The summed E-state index contributed by atoms with van der Waals surface area (Å²) in [5.74, 6) is 0.214. The smallest absolute Gasteiger partial charge is 0.234 e. The Bertz CT molecular complexity index is 679. The summed E-state index contributed by atoms with van der Waals surface area (Å²) >= 11 is 11.6. The van der Waals surface area contributed by atoms with Crippen molar-refractivity contribution in [2.45, 2.75) is 4.90 Å². The minimum atomic E-state index is -0.0811. The number of nitrogens with two attached hydrogens (primary N) is 1. The topological polar surface area (TPSA) is 55.1 Å². The second-order valence-corrected chi connectivity index (χ2v) is 7.85. The maximum atomic E-state index is 12.0. The highest BCUT2D eigenvalue weighted by Crippen LogP contribution is 2.29. The van der Waals surface area contributed by atoms with E-state index in [0.717, 1.165) is 24.0 Å². The lowest BCUT2D eigenvalue weighted by Crippen LogP contribution is -2.14. The van der Waals surface area contributed by atoms with E-state index < -0.39 is 0 Å². The van der Waals surface area contributed by atoms with E-state index >= 15 is 0 Å². The number of benzene rings is 2. The van der Waals surface area contributed by atoms with Crippen molar-refractivity contribution in [3.63, 3.8) is 0 Å². The van der Waals surface area contributed by atoms with Crippen LogP contribution >= 0.6 is 59.6 Å². The van der Waals surface area contributed by atoms with E-state index in [9.17, 15) is 4.79 Å². The van der Waals surface area contributed by atoms with Gasteiger partial charge in [0.15, 0.2) is 0 Å². The Labute approximate surface area is 152 Å². The second kappa shape index (κ2) is 7.67. The van der Waals surface area contributed by atoms with Crippen LogP contribution in [0.25, 0.3) is 0 Å². The van der Waals surface area contributed by atoms with Crippen molar-refractivity contribution in [2.75, 3.05) is 16.8 Å². The molecule has 1 amide bonds. The van der Waals surface area contributed by atoms with Gasteiger partial charge >= 0.3 is 0 Å². The summed E-state index contributed by atoms with van der Waals surface area (Å²) in [5, 5.41) is 2.86. The zero-order valence-corrected chi connectivity index (χ0v) is 16.3. The van der Waals surface area contributed by atoms with Gasteiger partial charge in [-0.25, -0.2) is 0 Å². The Hall–Kier alpha value is -0.500. The number of halogens is 3. The number of hydrogen-bond donors (Lipinski definition) is 2. The fourth-order valence-electron chi connectivity index (χ4n) is 1.55. The first-order valence-corrected chi connectivity index (χ1v) is 9.25. The molecule has 110 valence electrons. The summed E-state index contributed by atoms with van der Waals surface area (Å²) in [5.41, 5.74) is 7.29. The number of anilines is 2. The molecule has 2 rings (SSSR count). The molecule has 0 atom stereocenters. The number of thioether (sulfide) groups is 1. The van der Waals surface area contributed by atoms with E-state index in [1.54, 1.807) is 0 Å². The van der Waals surface area contributed by atoms with Crippen molar-refractivity contribution in [3.05, 3.63) is 49.8 Å². The van der Waals surface area contributed by atoms with Crippen LogP contribution in [0.1, 0.15) is 0 Å². The Morgan fingerprint density at radius 3 is 2.48 bits per heavy atom. The number of nitrogen functional groups attached to an aromatic ring is 1. The summed E-state index contributed by atoms with van der Waals surface area (Å²) in [4.78, 5) is 12.9. The Balaban J connectivity index is 1.97. The molecule has 0 saturated heterocycles. The lowest BCUT2D eigenvalue weighted by atomic mass is 10.3. The number of hydrogen-bond acceptors (Lipinski definition) is 3. The molecule has 0 fully saturated rings. The van der Waals surface area contributed by atoms with Crippen molar-refractivity contribution in [3.8, 4) is 0 Å². The van der Waals surface area contributed by atoms with E-state index in [1.165, 1.54) is 11.8 Å². The zero-order chi connectivity index (χ0) is 15.4. The average Bonchev–Trinajstić information content (AvgIpc) is 2.43. The first kappa shape index (κ1) is 16.9. The Morgan fingerprint density at radius 2 is 1.76 bits per heavy atom. The Kier molecular flexibility index (Phi) is 6.16. The van der Waals surface area contributed by atoms with Crippen LogP contribution in [-0.2, 0) is 4.79 Å². The predicted molar refractivity (Wildman–Crippen MR) is 99.8 cm³/mol. The van der Waals surface area contributed by atoms with Crippen LogP contribution in [0.4, 0.5) is 11.4 Å². The van der Waals surface area contributed by atoms with Crippen LogP contribution < -0.4 is 11.1 Å². The molecule has 2 aromatic rings. The molecule has 3 nitrogen and oxygen atoms in total. The third-order valence-corrected chi connectivity index (χ3v) is 5.25. The summed E-state index contributed by atoms with van der Waals surface area (Å²) < 4.78 is 2.72. The van der Waals surface area contributed by atoms with Crippen LogP contribution in [0.2, 0.25) is 0 Å². The fraction of sp³-hybridized carbons (Fsp3) is 0.0714. The number of rotatable bonds is 4. The minimum absolute atomic E-state index is 0.0811. The molecule has 0 heterocycles. The number of nitrogens with one attached hydrogen (secondary N) is 1. The van der Waals surface area contributed by atoms with E-state index in [0.29, 0.717) is 11.4 Å². The third-order valence-electron chi connectivity index (χ3n) is 2.54. The molecule has 2 aromatic carbocycles. The molecule has 3 N–H and O–H groups in total. The molecule has 0 aliphatic heterocycles. The van der Waals surface area contributed by atoms with Crippen molar-refractivity contribution < 1.29 is 4.79 Å². The van der Waals surface area contributed by atoms with Gasteiger partial charge in [-0.1, -0.05) is 31.9 Å². The second-order valence-electron chi connectivity index (χ2n) is 4.14. The number of carbonyl (C=O) groups excluding carboxylic acids is 1. The van der Waals surface area contributed by atoms with Crippen molar-refractivity contribution in [1.82, 2.24) is 0 Å². The molecule has 0 aliphatic carbocycles. The largest absolute Gasteiger partial charge is 0.398 e. The van der Waals surface area contributed by atoms with Crippen molar-refractivity contribution in [2.24, 2.45) is 0 Å². The first-order valence-electron chi connectivity index (χ1n) is 5.88. The summed E-state index contributed by atoms with van der Waals surface area (Å²) in [6.07, 6.45) is 0. The number of amides is 1. The van der Waals surface area contributed by atoms with Crippen LogP contribution in [0, 0.1) is 0 Å². The Morgan fingerprint density at radius 1 is 1.10 bits per heavy atom. The normalized spacial score (nSPS) is 10.4. The third kappa shape index (κ3) is 5.02. The predicted octanol–water partition coefficient (Wildman–Crippen LogP) is 5.29. The van der Waals surface area contributed by atoms with Gasteiger partial charge in [-0.3, -0.25) is 4.79 Å². The monoisotopic (exact) mass is 492 g/mol. The summed E-state index contributed by atoms with van der Waals surface area (Å²) in [6.45, 7) is 0. The highest BCUT2D eigenvalue weighted by atomic mass is 79.9. The van der Waals surface area contributed by atoms with Crippen molar-refractivity contribution in [1.29, 1.82) is 0 Å². The van der Waals surface area contributed by atoms with Gasteiger partial charge in [0.2, 0.25) is 5.91 Å². The molecule has 0 aliphatic rings. The van der Waals surface area contributed by atoms with E-state index in [-0.39, 0.29) is 5.91 Å². The zero-order valence-electron chi connectivity index (χ0n) is 10.7. The lowest BCUT2D eigenvalue weighted by molar-refractivity contribution is -0.113. The van der Waals surface area contributed by atoms with Gasteiger partial charge in [0.25, 0.3) is 0 Å². The highest BCUT2D eigenvalue weighted by Gasteiger charge is 2.08. The molecule has 0 aromatic heterocycles. The van der Waals surface area contributed by atoms with Gasteiger partial charge in [-0.05, 0) is 52.3 Å². The molecule has 0 bridgehead atoms. The highest BCUT2D eigenvalue weighted by molar-refractivity contribution is 9.11. The molecule has 0 spiro atoms. The summed E-state index contributed by atoms with van der Waals surface area (Å²) in [6, 6.07) is 11.2. The van der Waals surface area contributed by atoms with E-state index in [1.807, 2.05) is 36.4 Å². The van der Waals surface area contributed by atoms with Crippen LogP contribution in [0.5, 0.6) is 0 Å². The van der Waals surface area contributed by atoms with Crippen LogP contribution in [-0.4, -0.2) is 11.7 Å². The van der Waals surface area contributed by atoms with Gasteiger partial charge in [-0.15, -0.1) is 11.8 Å². The molecule has 21 heavy (non-hydrogen) atoms. The molecule has 0 unspecified atom stereocenters. The van der Waals surface area contributed by atoms with Crippen LogP contribution in [0.15, 0.2) is 54.7 Å². The first-order chi connectivity index (χ1) is 9.95. The van der Waals surface area contributed by atoms with Crippen molar-refractivity contribution >= 4 is 76.8 Å². The lowest BCUT2D eigenvalue weighted by Gasteiger charge is -2.09. The maximum absolute atomic E-state index is 12.0. The van der Waals surface area contributed by atoms with Gasteiger partial charge in [0, 0.05) is 24.0 Å². The molecule has 0 saturated carbocycles. The summed E-state index contributed by atoms with van der Waals surface area (Å²) in [7, 11) is 0. The van der Waals surface area contributed by atoms with Gasteiger partial charge in [0.05, 0.1) is 11.4 Å². The quantitative estimate of drug-likeness (QED) is 0.448. The van der Waals surface area contributed by atoms with Gasteiger partial charge in [0.1, 0.15) is 0 Å². The molecule has 0 radical (unpaired) electrons.